The van der Waals surface area contributed by atoms with Crippen LogP contribution in [0.25, 0.3) is 0 Å². The van der Waals surface area contributed by atoms with Crippen LogP contribution < -0.4 is 10.1 Å². The van der Waals surface area contributed by atoms with E-state index >= 15 is 0 Å². The molecule has 2 aromatic rings. The van der Waals surface area contributed by atoms with Gasteiger partial charge in [0.25, 0.3) is 5.91 Å². The van der Waals surface area contributed by atoms with Crippen LogP contribution in [0.5, 0.6) is 5.75 Å². The van der Waals surface area contributed by atoms with Crippen LogP contribution in [-0.2, 0) is 9.53 Å². The zero-order chi connectivity index (χ0) is 18.2. The second kappa shape index (κ2) is 8.63. The Kier molecular flexibility index (Phi) is 6.28. The van der Waals surface area contributed by atoms with Gasteiger partial charge in [-0.1, -0.05) is 18.2 Å². The summed E-state index contributed by atoms with van der Waals surface area (Å²) in [5.41, 5.74) is 1.71. The Morgan fingerprint density at radius 3 is 2.32 bits per heavy atom. The minimum atomic E-state index is -0.677. The monoisotopic (exact) mass is 341 g/mol. The summed E-state index contributed by atoms with van der Waals surface area (Å²) in [5.74, 6) is -0.742. The largest absolute Gasteiger partial charge is 0.497 e. The summed E-state index contributed by atoms with van der Waals surface area (Å²) in [4.78, 5) is 35.6. The number of nitrogens with one attached hydrogen (secondary N) is 1. The van der Waals surface area contributed by atoms with Gasteiger partial charge in [0, 0.05) is 11.1 Å². The molecule has 0 heterocycles. The molecule has 25 heavy (non-hydrogen) atoms. The third-order valence-electron chi connectivity index (χ3n) is 3.56. The van der Waals surface area contributed by atoms with E-state index in [2.05, 4.69) is 5.32 Å². The predicted octanol–water partition coefficient (Wildman–Crippen LogP) is 2.16. The van der Waals surface area contributed by atoms with Gasteiger partial charge in [-0.25, -0.2) is 0 Å². The van der Waals surface area contributed by atoms with Crippen LogP contribution in [0, 0.1) is 6.92 Å². The number of rotatable bonds is 7. The van der Waals surface area contributed by atoms with Crippen molar-refractivity contribution in [1.29, 1.82) is 0 Å². The number of benzene rings is 2. The maximum atomic E-state index is 12.0. The summed E-state index contributed by atoms with van der Waals surface area (Å²) in [6.45, 7) is 1.12. The maximum absolute atomic E-state index is 12.0. The molecule has 6 heteroatoms. The van der Waals surface area contributed by atoms with E-state index in [1.165, 1.54) is 7.11 Å². The second-order valence-corrected chi connectivity index (χ2v) is 5.31. The standard InChI is InChI=1S/C19H19NO5/c1-13-5-3-4-6-16(13)19(23)20-11-18(22)25-12-17(21)14-7-9-15(24-2)10-8-14/h3-10H,11-12H2,1-2H3,(H,20,23). The molecule has 0 aromatic heterocycles. The van der Waals surface area contributed by atoms with Crippen molar-refractivity contribution in [3.63, 3.8) is 0 Å². The summed E-state index contributed by atoms with van der Waals surface area (Å²) in [5, 5.41) is 2.48. The Morgan fingerprint density at radius 1 is 1.00 bits per heavy atom. The van der Waals surface area contributed by atoms with E-state index in [0.717, 1.165) is 5.56 Å². The highest BCUT2D eigenvalue weighted by Crippen LogP contribution is 2.11. The number of hydrogen-bond donors (Lipinski definition) is 1. The molecule has 2 aromatic carbocycles. The molecular weight excluding hydrogens is 322 g/mol. The van der Waals surface area contributed by atoms with E-state index in [1.807, 2.05) is 6.07 Å². The first-order valence-corrected chi connectivity index (χ1v) is 7.68. The Bertz CT molecular complexity index is 768. The van der Waals surface area contributed by atoms with E-state index in [-0.39, 0.29) is 24.8 Å². The van der Waals surface area contributed by atoms with Crippen LogP contribution in [0.2, 0.25) is 0 Å². The van der Waals surface area contributed by atoms with Gasteiger partial charge in [0.15, 0.2) is 12.4 Å². The van der Waals surface area contributed by atoms with Crippen LogP contribution in [0.3, 0.4) is 0 Å². The molecule has 0 atom stereocenters. The van der Waals surface area contributed by atoms with Crippen molar-refractivity contribution in [3.8, 4) is 5.75 Å². The molecular formula is C19H19NO5. The van der Waals surface area contributed by atoms with E-state index in [9.17, 15) is 14.4 Å². The molecule has 0 aliphatic heterocycles. The highest BCUT2D eigenvalue weighted by Gasteiger charge is 2.13. The normalized spacial score (nSPS) is 10.0. The van der Waals surface area contributed by atoms with Gasteiger partial charge in [0.2, 0.25) is 0 Å². The Hall–Kier alpha value is -3.15. The van der Waals surface area contributed by atoms with Crippen molar-refractivity contribution in [3.05, 3.63) is 65.2 Å². The first-order chi connectivity index (χ1) is 12.0. The van der Waals surface area contributed by atoms with E-state index in [1.54, 1.807) is 49.4 Å². The SMILES string of the molecule is COc1ccc(C(=O)COC(=O)CNC(=O)c2ccccc2C)cc1. The second-order valence-electron chi connectivity index (χ2n) is 5.31. The zero-order valence-electron chi connectivity index (χ0n) is 14.1. The minimum Gasteiger partial charge on any atom is -0.497 e. The van der Waals surface area contributed by atoms with Crippen molar-refractivity contribution < 1.29 is 23.9 Å². The number of hydrogen-bond acceptors (Lipinski definition) is 5. The fraction of sp³-hybridized carbons (Fsp3) is 0.211. The first-order valence-electron chi connectivity index (χ1n) is 7.68. The van der Waals surface area contributed by atoms with Crippen molar-refractivity contribution >= 4 is 17.7 Å². The molecule has 0 spiro atoms. The molecule has 6 nitrogen and oxygen atoms in total. The van der Waals surface area contributed by atoms with Crippen LogP contribution in [0.15, 0.2) is 48.5 Å². The average Bonchev–Trinajstić information content (AvgIpc) is 2.64. The van der Waals surface area contributed by atoms with Gasteiger partial charge in [-0.3, -0.25) is 14.4 Å². The van der Waals surface area contributed by atoms with E-state index in [0.29, 0.717) is 16.9 Å². The van der Waals surface area contributed by atoms with Crippen molar-refractivity contribution in [2.24, 2.45) is 0 Å². The predicted molar refractivity (Wildman–Crippen MR) is 91.8 cm³/mol. The van der Waals surface area contributed by atoms with Gasteiger partial charge in [-0.15, -0.1) is 0 Å². The van der Waals surface area contributed by atoms with Gasteiger partial charge < -0.3 is 14.8 Å². The zero-order valence-corrected chi connectivity index (χ0v) is 14.1. The van der Waals surface area contributed by atoms with Crippen LogP contribution >= 0.6 is 0 Å². The summed E-state index contributed by atoms with van der Waals surface area (Å²) >= 11 is 0. The molecule has 0 fully saturated rings. The lowest BCUT2D eigenvalue weighted by Gasteiger charge is -2.08. The molecule has 0 saturated carbocycles. The number of carbonyl (C=O) groups excluding carboxylic acids is 3. The molecule has 0 aliphatic carbocycles. The quantitative estimate of drug-likeness (QED) is 0.616. The molecule has 0 aliphatic rings. The number of esters is 1. The van der Waals surface area contributed by atoms with Crippen LogP contribution in [-0.4, -0.2) is 37.9 Å². The number of methoxy groups -OCH3 is 1. The van der Waals surface area contributed by atoms with Gasteiger partial charge in [0.1, 0.15) is 12.3 Å². The topological polar surface area (TPSA) is 81.7 Å². The van der Waals surface area contributed by atoms with Crippen molar-refractivity contribution in [1.82, 2.24) is 5.32 Å². The number of ether oxygens (including phenoxy) is 2. The number of aryl methyl sites for hydroxylation is 1. The Balaban J connectivity index is 1.79. The van der Waals surface area contributed by atoms with E-state index < -0.39 is 5.97 Å². The third-order valence-corrected chi connectivity index (χ3v) is 3.56. The molecule has 0 unspecified atom stereocenters. The molecule has 1 amide bonds. The molecule has 0 saturated heterocycles. The van der Waals surface area contributed by atoms with Gasteiger partial charge >= 0.3 is 5.97 Å². The lowest BCUT2D eigenvalue weighted by molar-refractivity contribution is -0.141. The van der Waals surface area contributed by atoms with Crippen molar-refractivity contribution in [2.45, 2.75) is 6.92 Å². The molecule has 1 N–H and O–H groups in total. The molecule has 2 rings (SSSR count). The third kappa shape index (κ3) is 5.17. The fourth-order valence-corrected chi connectivity index (χ4v) is 2.13. The van der Waals surface area contributed by atoms with Crippen molar-refractivity contribution in [2.75, 3.05) is 20.3 Å². The summed E-state index contributed by atoms with van der Waals surface area (Å²) < 4.78 is 9.91. The van der Waals surface area contributed by atoms with Gasteiger partial charge in [-0.05, 0) is 42.8 Å². The Labute approximate surface area is 145 Å². The molecule has 0 radical (unpaired) electrons. The lowest BCUT2D eigenvalue weighted by Crippen LogP contribution is -2.31. The summed E-state index contributed by atoms with van der Waals surface area (Å²) in [6.07, 6.45) is 0. The van der Waals surface area contributed by atoms with Crippen LogP contribution in [0.4, 0.5) is 0 Å². The highest BCUT2D eigenvalue weighted by atomic mass is 16.5. The van der Waals surface area contributed by atoms with Gasteiger partial charge in [-0.2, -0.15) is 0 Å². The van der Waals surface area contributed by atoms with Gasteiger partial charge in [0.05, 0.1) is 7.11 Å². The fourth-order valence-electron chi connectivity index (χ4n) is 2.13. The smallest absolute Gasteiger partial charge is 0.325 e. The first kappa shape index (κ1) is 18.2. The highest BCUT2D eigenvalue weighted by molar-refractivity contribution is 5.99. The number of ketones is 1. The molecule has 0 bridgehead atoms. The minimum absolute atomic E-state index is 0.303. The Morgan fingerprint density at radius 2 is 1.68 bits per heavy atom. The number of carbonyl (C=O) groups is 3. The summed E-state index contributed by atoms with van der Waals surface area (Å²) in [6, 6.07) is 13.5. The molecule has 130 valence electrons. The summed E-state index contributed by atoms with van der Waals surface area (Å²) in [7, 11) is 1.53. The number of amides is 1. The average molecular weight is 341 g/mol. The number of Topliss-reactive ketones (excluding diaryl/α,β-unsaturated/α-hetero) is 1. The maximum Gasteiger partial charge on any atom is 0.325 e. The van der Waals surface area contributed by atoms with E-state index in [4.69, 9.17) is 9.47 Å². The van der Waals surface area contributed by atoms with Crippen LogP contribution in [0.1, 0.15) is 26.3 Å². The lowest BCUT2D eigenvalue weighted by atomic mass is 10.1.